The number of hydrogen-bond acceptors (Lipinski definition) is 3. The van der Waals surface area contributed by atoms with E-state index in [0.29, 0.717) is 16.3 Å². The van der Waals surface area contributed by atoms with Gasteiger partial charge in [0, 0.05) is 41.0 Å². The predicted molar refractivity (Wildman–Crippen MR) is 109 cm³/mol. The summed E-state index contributed by atoms with van der Waals surface area (Å²) in [6, 6.07) is 12.7. The minimum Gasteiger partial charge on any atom is -0.370 e. The first-order valence-electron chi connectivity index (χ1n) is 8.66. The van der Waals surface area contributed by atoms with Crippen molar-refractivity contribution in [2.24, 2.45) is 0 Å². The molecule has 2 aromatic carbocycles. The van der Waals surface area contributed by atoms with Crippen LogP contribution in [0.15, 0.2) is 46.9 Å². The number of anilines is 2. The average molecular weight is 436 g/mol. The van der Waals surface area contributed by atoms with Crippen LogP contribution in [0.2, 0.25) is 5.02 Å². The molecule has 1 saturated heterocycles. The van der Waals surface area contributed by atoms with E-state index in [1.807, 2.05) is 24.3 Å². The van der Waals surface area contributed by atoms with Gasteiger partial charge in [-0.05, 0) is 43.2 Å². The third kappa shape index (κ3) is 4.86. The van der Waals surface area contributed by atoms with Gasteiger partial charge >= 0.3 is 0 Å². The van der Waals surface area contributed by atoms with Gasteiger partial charge in [0.05, 0.1) is 11.4 Å². The van der Waals surface area contributed by atoms with Gasteiger partial charge in [-0.25, -0.2) is 0 Å². The highest BCUT2D eigenvalue weighted by molar-refractivity contribution is 9.10. The highest BCUT2D eigenvalue weighted by Gasteiger charge is 2.18. The molecule has 0 saturated carbocycles. The van der Waals surface area contributed by atoms with Crippen molar-refractivity contribution in [2.75, 3.05) is 23.3 Å². The Hall–Kier alpha value is -1.85. The lowest BCUT2D eigenvalue weighted by molar-refractivity contribution is -0.116. The summed E-state index contributed by atoms with van der Waals surface area (Å²) in [6.45, 7) is 1.96. The molecule has 1 aliphatic heterocycles. The van der Waals surface area contributed by atoms with Gasteiger partial charge in [0.1, 0.15) is 0 Å². The van der Waals surface area contributed by atoms with Gasteiger partial charge in [0.25, 0.3) is 0 Å². The van der Waals surface area contributed by atoms with Crippen LogP contribution >= 0.6 is 27.5 Å². The summed E-state index contributed by atoms with van der Waals surface area (Å²) in [4.78, 5) is 26.8. The van der Waals surface area contributed by atoms with Crippen LogP contribution < -0.4 is 10.2 Å². The maximum atomic E-state index is 12.3. The van der Waals surface area contributed by atoms with Crippen molar-refractivity contribution in [1.29, 1.82) is 0 Å². The smallest absolute Gasteiger partial charge is 0.224 e. The molecule has 2 aromatic rings. The molecule has 136 valence electrons. The second-order valence-corrected chi connectivity index (χ2v) is 7.69. The standard InChI is InChI=1S/C20H20BrClN2O2/c21-15-5-3-14(4-6-15)19(25)9-10-20(26)23-17-13-16(22)7-8-18(17)24-11-1-2-12-24/h3-8,13H,1-2,9-12H2,(H,23,26). The summed E-state index contributed by atoms with van der Waals surface area (Å²) >= 11 is 9.44. The van der Waals surface area contributed by atoms with E-state index in [0.717, 1.165) is 36.1 Å². The van der Waals surface area contributed by atoms with E-state index < -0.39 is 0 Å². The second-order valence-electron chi connectivity index (χ2n) is 6.33. The number of nitrogens with one attached hydrogen (secondary N) is 1. The van der Waals surface area contributed by atoms with Gasteiger partial charge in [-0.1, -0.05) is 39.7 Å². The fraction of sp³-hybridized carbons (Fsp3) is 0.300. The van der Waals surface area contributed by atoms with Gasteiger partial charge < -0.3 is 10.2 Å². The Balaban J connectivity index is 1.62. The van der Waals surface area contributed by atoms with Crippen LogP contribution in [0, 0.1) is 0 Å². The summed E-state index contributed by atoms with van der Waals surface area (Å²) in [5.41, 5.74) is 2.31. The Bertz CT molecular complexity index is 802. The van der Waals surface area contributed by atoms with Crippen molar-refractivity contribution in [1.82, 2.24) is 0 Å². The van der Waals surface area contributed by atoms with E-state index in [1.165, 1.54) is 0 Å². The first kappa shape index (κ1) is 18.9. The van der Waals surface area contributed by atoms with Crippen molar-refractivity contribution in [3.8, 4) is 0 Å². The Kier molecular flexibility index (Phi) is 6.33. The van der Waals surface area contributed by atoms with Gasteiger partial charge in [-0.3, -0.25) is 9.59 Å². The number of halogens is 2. The van der Waals surface area contributed by atoms with Crippen molar-refractivity contribution in [3.63, 3.8) is 0 Å². The molecule has 0 aromatic heterocycles. The largest absolute Gasteiger partial charge is 0.370 e. The summed E-state index contributed by atoms with van der Waals surface area (Å²) in [5, 5.41) is 3.50. The third-order valence-electron chi connectivity index (χ3n) is 4.42. The maximum absolute atomic E-state index is 12.3. The van der Waals surface area contributed by atoms with Crippen LogP contribution in [-0.2, 0) is 4.79 Å². The molecule has 26 heavy (non-hydrogen) atoms. The summed E-state index contributed by atoms with van der Waals surface area (Å²) in [6.07, 6.45) is 2.61. The molecule has 0 radical (unpaired) electrons. The van der Waals surface area contributed by atoms with E-state index in [2.05, 4.69) is 26.1 Å². The highest BCUT2D eigenvalue weighted by Crippen LogP contribution is 2.31. The van der Waals surface area contributed by atoms with E-state index in [9.17, 15) is 9.59 Å². The second kappa shape index (κ2) is 8.69. The molecular weight excluding hydrogens is 416 g/mol. The molecule has 0 unspecified atom stereocenters. The number of rotatable bonds is 6. The van der Waals surface area contributed by atoms with Crippen molar-refractivity contribution >= 4 is 50.6 Å². The highest BCUT2D eigenvalue weighted by atomic mass is 79.9. The Morgan fingerprint density at radius 3 is 2.42 bits per heavy atom. The molecule has 1 aliphatic rings. The third-order valence-corrected chi connectivity index (χ3v) is 5.19. The number of ketones is 1. The van der Waals surface area contributed by atoms with E-state index >= 15 is 0 Å². The van der Waals surface area contributed by atoms with Crippen LogP contribution in [0.3, 0.4) is 0 Å². The number of carbonyl (C=O) groups is 2. The van der Waals surface area contributed by atoms with E-state index in [4.69, 9.17) is 11.6 Å². The average Bonchev–Trinajstić information content (AvgIpc) is 3.15. The molecule has 1 fully saturated rings. The Morgan fingerprint density at radius 2 is 1.73 bits per heavy atom. The van der Waals surface area contributed by atoms with E-state index in [1.54, 1.807) is 18.2 Å². The van der Waals surface area contributed by atoms with E-state index in [-0.39, 0.29) is 24.5 Å². The number of benzene rings is 2. The lowest BCUT2D eigenvalue weighted by atomic mass is 10.1. The van der Waals surface area contributed by atoms with Crippen LogP contribution in [0.25, 0.3) is 0 Å². The van der Waals surface area contributed by atoms with Crippen LogP contribution in [0.1, 0.15) is 36.0 Å². The van der Waals surface area contributed by atoms with Crippen molar-refractivity contribution in [3.05, 3.63) is 57.5 Å². The van der Waals surface area contributed by atoms with Crippen LogP contribution in [0.5, 0.6) is 0 Å². The zero-order chi connectivity index (χ0) is 18.5. The van der Waals surface area contributed by atoms with Crippen molar-refractivity contribution < 1.29 is 9.59 Å². The summed E-state index contributed by atoms with van der Waals surface area (Å²) < 4.78 is 0.919. The van der Waals surface area contributed by atoms with Gasteiger partial charge in [0.15, 0.2) is 5.78 Å². The zero-order valence-corrected chi connectivity index (χ0v) is 16.6. The SMILES string of the molecule is O=C(CCC(=O)c1ccc(Br)cc1)Nc1cc(Cl)ccc1N1CCCC1. The van der Waals surface area contributed by atoms with Gasteiger partial charge in [-0.2, -0.15) is 0 Å². The quantitative estimate of drug-likeness (QED) is 0.626. The summed E-state index contributed by atoms with van der Waals surface area (Å²) in [5.74, 6) is -0.225. The summed E-state index contributed by atoms with van der Waals surface area (Å²) in [7, 11) is 0. The molecule has 0 spiro atoms. The molecule has 0 atom stereocenters. The molecular formula is C20H20BrClN2O2. The number of carbonyl (C=O) groups excluding carboxylic acids is 2. The molecule has 3 rings (SSSR count). The van der Waals surface area contributed by atoms with Crippen molar-refractivity contribution in [2.45, 2.75) is 25.7 Å². The first-order chi connectivity index (χ1) is 12.5. The fourth-order valence-electron chi connectivity index (χ4n) is 3.06. The molecule has 4 nitrogen and oxygen atoms in total. The number of nitrogens with zero attached hydrogens (tertiary/aromatic N) is 1. The molecule has 1 N–H and O–H groups in total. The normalized spacial score (nSPS) is 13.7. The molecule has 1 heterocycles. The molecule has 0 bridgehead atoms. The Morgan fingerprint density at radius 1 is 1.04 bits per heavy atom. The number of Topliss-reactive ketones (excluding diaryl/α,β-unsaturated/α-hetero) is 1. The predicted octanol–water partition coefficient (Wildman–Crippen LogP) is 5.30. The number of hydrogen-bond donors (Lipinski definition) is 1. The first-order valence-corrected chi connectivity index (χ1v) is 9.83. The molecule has 6 heteroatoms. The van der Waals surface area contributed by atoms with Gasteiger partial charge in [-0.15, -0.1) is 0 Å². The minimum atomic E-state index is -0.182. The minimum absolute atomic E-state index is 0.0430. The zero-order valence-electron chi connectivity index (χ0n) is 14.3. The lowest BCUT2D eigenvalue weighted by Crippen LogP contribution is -2.21. The van der Waals surface area contributed by atoms with Crippen LogP contribution in [-0.4, -0.2) is 24.8 Å². The number of amides is 1. The lowest BCUT2D eigenvalue weighted by Gasteiger charge is -2.21. The maximum Gasteiger partial charge on any atom is 0.224 e. The molecule has 1 amide bonds. The fourth-order valence-corrected chi connectivity index (χ4v) is 3.50. The topological polar surface area (TPSA) is 49.4 Å². The monoisotopic (exact) mass is 434 g/mol. The molecule has 0 aliphatic carbocycles. The van der Waals surface area contributed by atoms with Crippen LogP contribution in [0.4, 0.5) is 11.4 Å². The van der Waals surface area contributed by atoms with Gasteiger partial charge in [0.2, 0.25) is 5.91 Å². The Labute approximate surface area is 166 Å².